The molecule has 3 aliphatic rings. The van der Waals surface area contributed by atoms with Crippen molar-refractivity contribution < 1.29 is 14.0 Å². The van der Waals surface area contributed by atoms with Gasteiger partial charge in [0.05, 0.1) is 38.8 Å². The molecule has 2 aromatic rings. The normalized spacial score (nSPS) is 23.3. The van der Waals surface area contributed by atoms with Crippen molar-refractivity contribution in [2.24, 2.45) is 0 Å². The van der Waals surface area contributed by atoms with Gasteiger partial charge in [-0.15, -0.1) is 0 Å². The summed E-state index contributed by atoms with van der Waals surface area (Å²) in [6, 6.07) is 8.16. The predicted molar refractivity (Wildman–Crippen MR) is 139 cm³/mol. The van der Waals surface area contributed by atoms with E-state index in [9.17, 15) is 4.79 Å². The van der Waals surface area contributed by atoms with Gasteiger partial charge in [-0.1, -0.05) is 6.58 Å². The van der Waals surface area contributed by atoms with E-state index in [1.165, 1.54) is 11.8 Å². The van der Waals surface area contributed by atoms with Crippen molar-refractivity contribution in [2.75, 3.05) is 67.2 Å². The van der Waals surface area contributed by atoms with Crippen LogP contribution in [0.3, 0.4) is 0 Å². The molecular weight excluding hydrogens is 442 g/mol. The van der Waals surface area contributed by atoms with Crippen LogP contribution in [0.15, 0.2) is 36.9 Å². The fraction of sp³-hybridized carbons (Fsp3) is 0.462. The van der Waals surface area contributed by atoms with E-state index in [0.29, 0.717) is 28.6 Å². The molecule has 2 unspecified atom stereocenters. The number of carbonyl (C=O) groups is 1. The van der Waals surface area contributed by atoms with Gasteiger partial charge in [0.25, 0.3) is 0 Å². The quantitative estimate of drug-likeness (QED) is 0.331. The minimum Gasteiger partial charge on any atom is -0.383 e. The highest BCUT2D eigenvalue weighted by atomic mass is 16.5. The van der Waals surface area contributed by atoms with Crippen LogP contribution in [0.4, 0.5) is 29.0 Å². The van der Waals surface area contributed by atoms with Crippen LogP contribution in [0, 0.1) is 6.92 Å². The van der Waals surface area contributed by atoms with Gasteiger partial charge in [0, 0.05) is 30.5 Å². The van der Waals surface area contributed by atoms with Crippen LogP contribution in [0.2, 0.25) is 0 Å². The van der Waals surface area contributed by atoms with E-state index in [1.54, 1.807) is 0 Å². The highest BCUT2D eigenvalue weighted by molar-refractivity contribution is 5.81. The van der Waals surface area contributed by atoms with E-state index in [2.05, 4.69) is 46.2 Å². The Hall–Kier alpha value is -3.30. The molecule has 5 rings (SSSR count). The Morgan fingerprint density at radius 1 is 1.23 bits per heavy atom. The molecule has 0 radical (unpaired) electrons. The Labute approximate surface area is 207 Å². The Balaban J connectivity index is 1.31. The van der Waals surface area contributed by atoms with Gasteiger partial charge in [-0.25, -0.2) is 4.79 Å². The van der Waals surface area contributed by atoms with Crippen molar-refractivity contribution >= 4 is 34.9 Å². The number of anilines is 5. The molecule has 0 bridgehead atoms. The zero-order chi connectivity index (χ0) is 24.4. The predicted octanol–water partition coefficient (Wildman–Crippen LogP) is 3.06. The molecule has 3 aliphatic heterocycles. The molecule has 0 spiro atoms. The number of fused-ring (bicyclic) bond motifs is 1. The zero-order valence-electron chi connectivity index (χ0n) is 20.2. The number of morpholine rings is 1. The molecule has 9 heteroatoms. The minimum absolute atomic E-state index is 0.0494. The van der Waals surface area contributed by atoms with Crippen LogP contribution in [-0.4, -0.2) is 72.3 Å². The van der Waals surface area contributed by atoms with E-state index in [0.717, 1.165) is 69.9 Å². The number of likely N-dealkylation sites (tertiary alicyclic amines) is 1. The smallest absolute Gasteiger partial charge is 0.338 e. The summed E-state index contributed by atoms with van der Waals surface area (Å²) in [5.41, 5.74) is 9.25. The maximum absolute atomic E-state index is 12.8. The molecule has 35 heavy (non-hydrogen) atoms. The third-order valence-corrected chi connectivity index (χ3v) is 7.51. The van der Waals surface area contributed by atoms with Gasteiger partial charge in [-0.3, -0.25) is 4.48 Å². The van der Waals surface area contributed by atoms with Gasteiger partial charge in [0.15, 0.2) is 5.92 Å². The van der Waals surface area contributed by atoms with Crippen LogP contribution >= 0.6 is 0 Å². The van der Waals surface area contributed by atoms with Crippen molar-refractivity contribution in [3.63, 3.8) is 0 Å². The van der Waals surface area contributed by atoms with Crippen LogP contribution in [-0.2, 0) is 9.53 Å². The third kappa shape index (κ3) is 4.66. The molecule has 4 heterocycles. The Kier molecular flexibility index (Phi) is 6.53. The highest BCUT2D eigenvalue weighted by Crippen LogP contribution is 2.40. The van der Waals surface area contributed by atoms with Gasteiger partial charge in [0.2, 0.25) is 5.95 Å². The maximum Gasteiger partial charge on any atom is 0.338 e. The Bertz CT molecular complexity index is 1080. The number of nitrogen functional groups attached to an aromatic ring is 1. The second-order valence-electron chi connectivity index (χ2n) is 9.70. The van der Waals surface area contributed by atoms with Gasteiger partial charge in [0.1, 0.15) is 24.2 Å². The topological polar surface area (TPSA) is 105 Å². The molecule has 184 valence electrons. The van der Waals surface area contributed by atoms with Crippen molar-refractivity contribution in [2.45, 2.75) is 31.2 Å². The van der Waals surface area contributed by atoms with E-state index >= 15 is 0 Å². The number of carbonyl (C=O) groups excluding carboxylic acids is 1. The number of nitrogens with two attached hydrogens (primary N) is 1. The van der Waals surface area contributed by atoms with E-state index < -0.39 is 0 Å². The summed E-state index contributed by atoms with van der Waals surface area (Å²) in [5.74, 6) is 1.48. The van der Waals surface area contributed by atoms with Crippen molar-refractivity contribution in [3.05, 3.63) is 49.4 Å². The molecule has 0 saturated carbocycles. The van der Waals surface area contributed by atoms with Crippen LogP contribution in [0.1, 0.15) is 30.7 Å². The fourth-order valence-electron chi connectivity index (χ4n) is 5.56. The van der Waals surface area contributed by atoms with E-state index in [4.69, 9.17) is 15.5 Å². The number of ether oxygens (including phenoxy) is 1. The van der Waals surface area contributed by atoms with Crippen LogP contribution < -0.4 is 21.3 Å². The number of hydrogen-bond donors (Lipinski definition) is 3. The molecule has 2 atom stereocenters. The van der Waals surface area contributed by atoms with Gasteiger partial charge >= 0.3 is 5.91 Å². The number of hydrogen-bond acceptors (Lipinski definition) is 8. The summed E-state index contributed by atoms with van der Waals surface area (Å²) in [7, 11) is 0. The number of nitrogens with one attached hydrogen (secondary N) is 2. The first-order valence-electron chi connectivity index (χ1n) is 12.5. The Morgan fingerprint density at radius 2 is 1.94 bits per heavy atom. The van der Waals surface area contributed by atoms with Gasteiger partial charge in [-0.05, 0) is 43.5 Å². The second-order valence-corrected chi connectivity index (χ2v) is 9.70. The van der Waals surface area contributed by atoms with Crippen LogP contribution in [0.25, 0.3) is 0 Å². The standard InChI is InChI=1S/C26H35N7O2/c1-3-22(34)33(13-5-4-6-14-33)17-21-18(2)23-24(27)30-26(31-25(23)29-21)28-19-7-9-20(10-8-19)32-11-15-35-16-12-32/h3,7-10,18,21H,1-2,4-6,11-17H2,(H4,27,28,29,30,31)/q+2. The summed E-state index contributed by atoms with van der Waals surface area (Å²) >= 11 is 0. The summed E-state index contributed by atoms with van der Waals surface area (Å²) in [6.45, 7) is 13.7. The first-order valence-corrected chi connectivity index (χ1v) is 12.5. The lowest BCUT2D eigenvalue weighted by Gasteiger charge is -2.39. The number of amides is 1. The first-order chi connectivity index (χ1) is 17.0. The summed E-state index contributed by atoms with van der Waals surface area (Å²) in [6.07, 6.45) is 4.71. The zero-order valence-corrected chi connectivity index (χ0v) is 20.2. The molecule has 1 aromatic heterocycles. The molecule has 1 amide bonds. The maximum atomic E-state index is 12.8. The molecule has 9 nitrogen and oxygen atoms in total. The monoisotopic (exact) mass is 477 g/mol. The lowest BCUT2D eigenvalue weighted by Crippen LogP contribution is -2.59. The summed E-state index contributed by atoms with van der Waals surface area (Å²) in [4.78, 5) is 24.4. The number of piperidine rings is 1. The number of aromatic nitrogens is 2. The highest BCUT2D eigenvalue weighted by Gasteiger charge is 2.46. The molecule has 4 N–H and O–H groups in total. The number of rotatable bonds is 6. The lowest BCUT2D eigenvalue weighted by molar-refractivity contribution is -0.857. The second kappa shape index (κ2) is 9.75. The average Bonchev–Trinajstić information content (AvgIpc) is 3.20. The van der Waals surface area contributed by atoms with Gasteiger partial charge < -0.3 is 26.0 Å². The minimum atomic E-state index is -0.138. The number of benzene rings is 1. The average molecular weight is 478 g/mol. The fourth-order valence-corrected chi connectivity index (χ4v) is 5.56. The number of nitrogens with zero attached hydrogens (tertiary/aromatic N) is 4. The van der Waals surface area contributed by atoms with E-state index in [-0.39, 0.29) is 17.9 Å². The Morgan fingerprint density at radius 3 is 2.63 bits per heavy atom. The van der Waals surface area contributed by atoms with Gasteiger partial charge in [-0.2, -0.15) is 9.97 Å². The van der Waals surface area contributed by atoms with Crippen LogP contribution in [0.5, 0.6) is 0 Å². The summed E-state index contributed by atoms with van der Waals surface area (Å²) in [5, 5.41) is 6.77. The molecule has 2 fully saturated rings. The lowest BCUT2D eigenvalue weighted by atomic mass is 9.95. The molecular formula is C26H35N7O2+2. The largest absolute Gasteiger partial charge is 0.383 e. The molecule has 1 aromatic carbocycles. The molecule has 0 aliphatic carbocycles. The first kappa shape index (κ1) is 23.4. The van der Waals surface area contributed by atoms with E-state index in [1.807, 2.05) is 12.1 Å². The van der Waals surface area contributed by atoms with Crippen molar-refractivity contribution in [3.8, 4) is 0 Å². The molecule has 2 saturated heterocycles. The SMILES string of the molecule is C=CC(=O)[N+]1(CC2Nc3nc(Nc4ccc(N5CCOCC5)cc4)nc(N)c3C2[CH2+])CCCCC1. The van der Waals surface area contributed by atoms with Crippen molar-refractivity contribution in [1.82, 2.24) is 9.97 Å². The third-order valence-electron chi connectivity index (χ3n) is 7.51. The number of quaternary nitrogens is 1. The summed E-state index contributed by atoms with van der Waals surface area (Å²) < 4.78 is 5.85. The van der Waals surface area contributed by atoms with Crippen molar-refractivity contribution in [1.29, 1.82) is 0 Å².